The third kappa shape index (κ3) is 1.88. The van der Waals surface area contributed by atoms with Crippen molar-refractivity contribution in [1.82, 2.24) is 0 Å². The minimum Gasteiger partial charge on any atom is -0.0696 e. The molecule has 0 aromatic heterocycles. The molecule has 0 fully saturated rings. The van der Waals surface area contributed by atoms with Crippen LogP contribution in [0.1, 0.15) is 5.56 Å². The first-order valence-electron chi connectivity index (χ1n) is 5.72. The number of aryl methyl sites for hydroxylation is 1. The van der Waals surface area contributed by atoms with E-state index in [9.17, 15) is 0 Å². The van der Waals surface area contributed by atoms with Gasteiger partial charge in [0.25, 0.3) is 0 Å². The van der Waals surface area contributed by atoms with E-state index in [1.54, 1.807) is 0 Å². The third-order valence-electron chi connectivity index (χ3n) is 2.99. The lowest BCUT2D eigenvalue weighted by atomic mass is 10.0. The van der Waals surface area contributed by atoms with Crippen molar-refractivity contribution in [3.05, 3.63) is 72.3 Å². The van der Waals surface area contributed by atoms with E-state index in [4.69, 9.17) is 0 Å². The third-order valence-corrected chi connectivity index (χ3v) is 2.99. The van der Waals surface area contributed by atoms with Crippen LogP contribution in [0.4, 0.5) is 0 Å². The Bertz CT molecular complexity index is 648. The zero-order chi connectivity index (χ0) is 11.7. The molecule has 0 unspecified atom stereocenters. The fourth-order valence-electron chi connectivity index (χ4n) is 1.99. The van der Waals surface area contributed by atoms with Gasteiger partial charge in [-0.2, -0.15) is 0 Å². The maximum absolute atomic E-state index is 3.11. The van der Waals surface area contributed by atoms with Crippen molar-refractivity contribution >= 4 is 10.8 Å². The Morgan fingerprint density at radius 2 is 1.59 bits per heavy atom. The van der Waals surface area contributed by atoms with Crippen LogP contribution in [0.5, 0.6) is 0 Å². The molecule has 3 rings (SSSR count). The number of hydrogen-bond acceptors (Lipinski definition) is 0. The van der Waals surface area contributed by atoms with Gasteiger partial charge in [-0.05, 0) is 47.7 Å². The van der Waals surface area contributed by atoms with Crippen LogP contribution in [-0.4, -0.2) is 0 Å². The zero-order valence-electron chi connectivity index (χ0n) is 9.70. The van der Waals surface area contributed by atoms with E-state index in [1.807, 2.05) is 6.07 Å². The molecule has 0 atom stereocenters. The molecule has 17 heavy (non-hydrogen) atoms. The SMILES string of the molecule is Cc1ccc(-c2ccc3c#cccc3c2)cc1. The lowest BCUT2D eigenvalue weighted by molar-refractivity contribution is 1.47. The molecule has 0 nitrogen and oxygen atoms in total. The van der Waals surface area contributed by atoms with E-state index in [2.05, 4.69) is 67.6 Å². The average Bonchev–Trinajstić information content (AvgIpc) is 2.39. The summed E-state index contributed by atoms with van der Waals surface area (Å²) in [4.78, 5) is 0. The molecule has 0 saturated heterocycles. The Hall–Kier alpha value is -2.26. The van der Waals surface area contributed by atoms with Gasteiger partial charge in [0.15, 0.2) is 0 Å². The molecule has 0 amide bonds. The Balaban J connectivity index is 2.14. The number of rotatable bonds is 1. The van der Waals surface area contributed by atoms with Crippen LogP contribution in [0.15, 0.2) is 54.6 Å². The van der Waals surface area contributed by atoms with E-state index >= 15 is 0 Å². The molecule has 0 saturated carbocycles. The Morgan fingerprint density at radius 3 is 2.41 bits per heavy atom. The van der Waals surface area contributed by atoms with Crippen molar-refractivity contribution < 1.29 is 0 Å². The zero-order valence-corrected chi connectivity index (χ0v) is 9.70. The maximum atomic E-state index is 3.11. The number of benzene rings is 2. The standard InChI is InChI=1S/C17H12/c1-13-6-8-15(9-7-13)17-11-10-14-4-2-3-5-16(14)12-17/h3,5-12H,1H3. The van der Waals surface area contributed by atoms with Crippen LogP contribution in [0, 0.1) is 19.1 Å². The molecule has 80 valence electrons. The highest BCUT2D eigenvalue weighted by molar-refractivity contribution is 5.86. The maximum Gasteiger partial charge on any atom is 0.0321 e. The van der Waals surface area contributed by atoms with Crippen LogP contribution in [0.25, 0.3) is 21.9 Å². The summed E-state index contributed by atoms with van der Waals surface area (Å²) in [6.45, 7) is 2.11. The highest BCUT2D eigenvalue weighted by Gasteiger charge is 1.98. The summed E-state index contributed by atoms with van der Waals surface area (Å²) in [5.74, 6) is 0. The second kappa shape index (κ2) is 3.96. The molecule has 0 aliphatic rings. The van der Waals surface area contributed by atoms with Gasteiger partial charge < -0.3 is 0 Å². The molecule has 0 aliphatic heterocycles. The van der Waals surface area contributed by atoms with E-state index in [0.29, 0.717) is 0 Å². The van der Waals surface area contributed by atoms with E-state index in [-0.39, 0.29) is 0 Å². The summed E-state index contributed by atoms with van der Waals surface area (Å²) in [7, 11) is 0. The second-order valence-electron chi connectivity index (χ2n) is 4.27. The molecule has 0 aliphatic carbocycles. The van der Waals surface area contributed by atoms with Crippen molar-refractivity contribution in [3.8, 4) is 11.1 Å². The highest BCUT2D eigenvalue weighted by Crippen LogP contribution is 2.23. The lowest BCUT2D eigenvalue weighted by Crippen LogP contribution is -1.79. The van der Waals surface area contributed by atoms with Gasteiger partial charge in [0, 0.05) is 5.39 Å². The average molecular weight is 216 g/mol. The fraction of sp³-hybridized carbons (Fsp3) is 0.0588. The Kier molecular flexibility index (Phi) is 2.31. The van der Waals surface area contributed by atoms with Crippen molar-refractivity contribution in [2.24, 2.45) is 0 Å². The first-order chi connectivity index (χ1) is 8.33. The molecular weight excluding hydrogens is 204 g/mol. The van der Waals surface area contributed by atoms with Crippen LogP contribution in [-0.2, 0) is 0 Å². The van der Waals surface area contributed by atoms with Gasteiger partial charge in [-0.25, -0.2) is 0 Å². The normalized spacial score (nSPS) is 10.2. The molecule has 0 heterocycles. The lowest BCUT2D eigenvalue weighted by Gasteiger charge is -2.03. The van der Waals surface area contributed by atoms with E-state index < -0.39 is 0 Å². The smallest absolute Gasteiger partial charge is 0.0321 e. The summed E-state index contributed by atoms with van der Waals surface area (Å²) in [5, 5.41) is 2.32. The van der Waals surface area contributed by atoms with Gasteiger partial charge in [0.2, 0.25) is 0 Å². The first kappa shape index (κ1) is 9.93. The summed E-state index contributed by atoms with van der Waals surface area (Å²) in [6.07, 6.45) is 0. The monoisotopic (exact) mass is 216 g/mol. The largest absolute Gasteiger partial charge is 0.0696 e. The molecule has 3 aromatic rings. The van der Waals surface area contributed by atoms with Gasteiger partial charge in [-0.15, -0.1) is 0 Å². The minimum absolute atomic E-state index is 1.11. The van der Waals surface area contributed by atoms with Crippen molar-refractivity contribution in [1.29, 1.82) is 0 Å². The van der Waals surface area contributed by atoms with Gasteiger partial charge in [0.05, 0.1) is 0 Å². The molecule has 3 aromatic carbocycles. The quantitative estimate of drug-likeness (QED) is 0.565. The Morgan fingerprint density at radius 1 is 0.824 bits per heavy atom. The molecular formula is C17H12. The predicted molar refractivity (Wildman–Crippen MR) is 71.8 cm³/mol. The predicted octanol–water partition coefficient (Wildman–Crippen LogP) is 4.42. The van der Waals surface area contributed by atoms with Crippen LogP contribution >= 0.6 is 0 Å². The van der Waals surface area contributed by atoms with Gasteiger partial charge >= 0.3 is 0 Å². The van der Waals surface area contributed by atoms with Crippen LogP contribution in [0.3, 0.4) is 0 Å². The second-order valence-corrected chi connectivity index (χ2v) is 4.27. The van der Waals surface area contributed by atoms with Crippen molar-refractivity contribution in [3.63, 3.8) is 0 Å². The molecule has 0 bridgehead atoms. The summed E-state index contributed by atoms with van der Waals surface area (Å²) < 4.78 is 0. The topological polar surface area (TPSA) is 0 Å². The fourth-order valence-corrected chi connectivity index (χ4v) is 1.99. The summed E-state index contributed by atoms with van der Waals surface area (Å²) in [5.41, 5.74) is 3.79. The van der Waals surface area contributed by atoms with Gasteiger partial charge in [-0.1, -0.05) is 48.0 Å². The van der Waals surface area contributed by atoms with Crippen LogP contribution < -0.4 is 0 Å². The van der Waals surface area contributed by atoms with Gasteiger partial charge in [0.1, 0.15) is 0 Å². The Labute approximate surface area is 102 Å². The number of hydrogen-bond donors (Lipinski definition) is 0. The highest BCUT2D eigenvalue weighted by atomic mass is 14.0. The van der Waals surface area contributed by atoms with Crippen molar-refractivity contribution in [2.75, 3.05) is 0 Å². The van der Waals surface area contributed by atoms with Crippen molar-refractivity contribution in [2.45, 2.75) is 6.92 Å². The van der Waals surface area contributed by atoms with E-state index in [0.717, 1.165) is 5.39 Å². The summed E-state index contributed by atoms with van der Waals surface area (Å²) in [6, 6.07) is 25.1. The molecule has 0 N–H and O–H groups in total. The van der Waals surface area contributed by atoms with Crippen LogP contribution in [0.2, 0.25) is 0 Å². The van der Waals surface area contributed by atoms with Gasteiger partial charge in [-0.3, -0.25) is 0 Å². The summed E-state index contributed by atoms with van der Waals surface area (Å²) >= 11 is 0. The van der Waals surface area contributed by atoms with E-state index in [1.165, 1.54) is 22.1 Å². The minimum atomic E-state index is 1.11. The first-order valence-corrected chi connectivity index (χ1v) is 5.72. The molecule has 0 radical (unpaired) electrons. The molecule has 0 heteroatoms. The molecule has 0 spiro atoms. The number of fused-ring (bicyclic) bond motifs is 1.